The molecular weight excluding hydrogens is 290 g/mol. The first-order chi connectivity index (χ1) is 8.63. The van der Waals surface area contributed by atoms with E-state index in [0.717, 1.165) is 28.9 Å². The van der Waals surface area contributed by atoms with E-state index in [9.17, 15) is 5.11 Å². The Hall–Kier alpha value is -0.540. The molecule has 0 saturated heterocycles. The van der Waals surface area contributed by atoms with Gasteiger partial charge >= 0.3 is 0 Å². The van der Waals surface area contributed by atoms with Crippen LogP contribution in [0.15, 0.2) is 28.7 Å². The Kier molecular flexibility index (Phi) is 4.68. The quantitative estimate of drug-likeness (QED) is 0.820. The van der Waals surface area contributed by atoms with Gasteiger partial charge in [-0.3, -0.25) is 0 Å². The van der Waals surface area contributed by atoms with Crippen LogP contribution in [0.5, 0.6) is 0 Å². The van der Waals surface area contributed by atoms with Crippen molar-refractivity contribution >= 4 is 21.6 Å². The fourth-order valence-corrected chi connectivity index (χ4v) is 3.01. The van der Waals surface area contributed by atoms with E-state index in [1.165, 1.54) is 19.3 Å². The van der Waals surface area contributed by atoms with Crippen LogP contribution in [0, 0.1) is 5.92 Å². The maximum absolute atomic E-state index is 9.80. The summed E-state index contributed by atoms with van der Waals surface area (Å²) in [5.74, 6) is 0.783. The highest BCUT2D eigenvalue weighted by Gasteiger charge is 2.31. The molecular formula is C15H22BrNO. The van der Waals surface area contributed by atoms with Crippen LogP contribution in [0.3, 0.4) is 0 Å². The van der Waals surface area contributed by atoms with Crippen molar-refractivity contribution in [3.8, 4) is 0 Å². The van der Waals surface area contributed by atoms with Gasteiger partial charge in [0.2, 0.25) is 0 Å². The Bertz CT molecular complexity index is 379. The van der Waals surface area contributed by atoms with Gasteiger partial charge in [0, 0.05) is 10.2 Å². The third-order valence-corrected chi connectivity index (χ3v) is 4.55. The molecule has 2 atom stereocenters. The molecule has 0 aliphatic heterocycles. The molecule has 3 heteroatoms. The lowest BCUT2D eigenvalue weighted by Crippen LogP contribution is -2.41. The second kappa shape index (κ2) is 6.07. The number of aliphatic hydroxyl groups excluding tert-OH is 1. The van der Waals surface area contributed by atoms with Crippen molar-refractivity contribution in [2.24, 2.45) is 5.92 Å². The lowest BCUT2D eigenvalue weighted by Gasteiger charge is -2.33. The summed E-state index contributed by atoms with van der Waals surface area (Å²) in [6, 6.07) is 8.20. The first kappa shape index (κ1) is 13.9. The van der Waals surface area contributed by atoms with Crippen LogP contribution in [0.25, 0.3) is 0 Å². The number of hydrogen-bond acceptors (Lipinski definition) is 2. The van der Waals surface area contributed by atoms with Gasteiger partial charge in [-0.15, -0.1) is 0 Å². The summed E-state index contributed by atoms with van der Waals surface area (Å²) in [6.07, 6.45) is 5.80. The van der Waals surface area contributed by atoms with E-state index in [1.807, 2.05) is 12.1 Å². The fourth-order valence-electron chi connectivity index (χ4n) is 2.74. The highest BCUT2D eigenvalue weighted by molar-refractivity contribution is 9.10. The molecule has 1 aliphatic carbocycles. The van der Waals surface area contributed by atoms with Crippen molar-refractivity contribution in [3.05, 3.63) is 28.7 Å². The lowest BCUT2D eigenvalue weighted by atomic mass is 9.90. The minimum atomic E-state index is -0.126. The zero-order valence-corrected chi connectivity index (χ0v) is 12.5. The molecule has 2 nitrogen and oxygen atoms in total. The predicted molar refractivity (Wildman–Crippen MR) is 79.8 cm³/mol. The van der Waals surface area contributed by atoms with Crippen molar-refractivity contribution < 1.29 is 5.11 Å². The molecule has 100 valence electrons. The van der Waals surface area contributed by atoms with Crippen LogP contribution >= 0.6 is 15.9 Å². The van der Waals surface area contributed by atoms with Crippen LogP contribution in [0.4, 0.5) is 5.69 Å². The number of anilines is 1. The maximum Gasteiger partial charge on any atom is 0.0661 e. The van der Waals surface area contributed by atoms with Gasteiger partial charge in [0.25, 0.3) is 0 Å². The molecule has 2 rings (SSSR count). The molecule has 0 bridgehead atoms. The number of halogens is 1. The van der Waals surface area contributed by atoms with Gasteiger partial charge in [-0.1, -0.05) is 35.7 Å². The van der Waals surface area contributed by atoms with Crippen LogP contribution < -0.4 is 5.32 Å². The van der Waals surface area contributed by atoms with Gasteiger partial charge in [-0.05, 0) is 49.4 Å². The van der Waals surface area contributed by atoms with E-state index in [1.54, 1.807) is 0 Å². The third kappa shape index (κ3) is 3.48. The number of benzene rings is 1. The number of hydrogen-bond donors (Lipinski definition) is 2. The zero-order valence-electron chi connectivity index (χ0n) is 11.0. The van der Waals surface area contributed by atoms with E-state index < -0.39 is 0 Å². The summed E-state index contributed by atoms with van der Waals surface area (Å²) in [7, 11) is 0. The Morgan fingerprint density at radius 3 is 2.67 bits per heavy atom. The summed E-state index contributed by atoms with van der Waals surface area (Å²) < 4.78 is 1.08. The molecule has 1 aromatic carbocycles. The molecule has 0 amide bonds. The van der Waals surface area contributed by atoms with E-state index in [4.69, 9.17) is 0 Å². The Labute approximate surface area is 118 Å². The third-order valence-electron chi connectivity index (χ3n) is 4.02. The second-order valence-corrected chi connectivity index (χ2v) is 6.52. The molecule has 1 fully saturated rings. The van der Waals surface area contributed by atoms with Crippen LogP contribution in [-0.2, 0) is 0 Å². The summed E-state index contributed by atoms with van der Waals surface area (Å²) in [6.45, 7) is 2.53. The number of nitrogens with one attached hydrogen (secondary N) is 1. The van der Waals surface area contributed by atoms with Gasteiger partial charge in [-0.2, -0.15) is 0 Å². The minimum absolute atomic E-state index is 0.126. The van der Waals surface area contributed by atoms with E-state index in [0.29, 0.717) is 0 Å². The van der Waals surface area contributed by atoms with Gasteiger partial charge in [-0.25, -0.2) is 0 Å². The van der Waals surface area contributed by atoms with Crippen LogP contribution in [0.2, 0.25) is 0 Å². The van der Waals surface area contributed by atoms with Crippen molar-refractivity contribution in [1.29, 1.82) is 0 Å². The average Bonchev–Trinajstić information content (AvgIpc) is 2.56. The molecule has 0 spiro atoms. The Balaban J connectivity index is 2.09. The van der Waals surface area contributed by atoms with Crippen molar-refractivity contribution in [2.75, 3.05) is 11.9 Å². The van der Waals surface area contributed by atoms with E-state index in [2.05, 4.69) is 40.3 Å². The van der Waals surface area contributed by atoms with Gasteiger partial charge in [0.05, 0.1) is 12.1 Å². The summed E-state index contributed by atoms with van der Waals surface area (Å²) in [5, 5.41) is 13.4. The smallest absolute Gasteiger partial charge is 0.0661 e. The molecule has 0 aromatic heterocycles. The van der Waals surface area contributed by atoms with Gasteiger partial charge < -0.3 is 10.4 Å². The van der Waals surface area contributed by atoms with Crippen LogP contribution in [0.1, 0.15) is 39.0 Å². The number of rotatable bonds is 3. The second-order valence-electron chi connectivity index (χ2n) is 5.61. The average molecular weight is 312 g/mol. The van der Waals surface area contributed by atoms with Gasteiger partial charge in [0.15, 0.2) is 0 Å². The SMILES string of the molecule is CC1CCCC(CO)(Nc2ccc(Br)cc2)CC1. The Morgan fingerprint density at radius 1 is 1.28 bits per heavy atom. The zero-order chi connectivity index (χ0) is 13.0. The molecule has 2 N–H and O–H groups in total. The summed E-state index contributed by atoms with van der Waals surface area (Å²) in [5.41, 5.74) is 0.972. The molecule has 18 heavy (non-hydrogen) atoms. The molecule has 1 aromatic rings. The van der Waals surface area contributed by atoms with Crippen molar-refractivity contribution in [3.63, 3.8) is 0 Å². The first-order valence-corrected chi connectivity index (χ1v) is 7.57. The van der Waals surface area contributed by atoms with Crippen molar-refractivity contribution in [2.45, 2.75) is 44.6 Å². The molecule has 0 heterocycles. The standard InChI is InChI=1S/C15H22BrNO/c1-12-3-2-9-15(11-18,10-8-12)17-14-6-4-13(16)5-7-14/h4-7,12,17-18H,2-3,8-11H2,1H3. The van der Waals surface area contributed by atoms with E-state index in [-0.39, 0.29) is 12.1 Å². The van der Waals surface area contributed by atoms with Crippen molar-refractivity contribution in [1.82, 2.24) is 0 Å². The minimum Gasteiger partial charge on any atom is -0.394 e. The summed E-state index contributed by atoms with van der Waals surface area (Å²) >= 11 is 3.44. The van der Waals surface area contributed by atoms with Gasteiger partial charge in [0.1, 0.15) is 0 Å². The highest BCUT2D eigenvalue weighted by atomic mass is 79.9. The Morgan fingerprint density at radius 2 is 2.00 bits per heavy atom. The fraction of sp³-hybridized carbons (Fsp3) is 0.600. The molecule has 0 radical (unpaired) electrons. The normalized spacial score (nSPS) is 28.7. The summed E-state index contributed by atoms with van der Waals surface area (Å²) in [4.78, 5) is 0. The number of aliphatic hydroxyl groups is 1. The molecule has 1 aliphatic rings. The molecule has 1 saturated carbocycles. The van der Waals surface area contributed by atoms with E-state index >= 15 is 0 Å². The molecule has 2 unspecified atom stereocenters. The largest absolute Gasteiger partial charge is 0.394 e. The first-order valence-electron chi connectivity index (χ1n) is 6.78. The lowest BCUT2D eigenvalue weighted by molar-refractivity contribution is 0.195. The monoisotopic (exact) mass is 311 g/mol. The highest BCUT2D eigenvalue weighted by Crippen LogP contribution is 2.33. The van der Waals surface area contributed by atoms with Crippen LogP contribution in [-0.4, -0.2) is 17.3 Å². The topological polar surface area (TPSA) is 32.3 Å². The maximum atomic E-state index is 9.80. The predicted octanol–water partition coefficient (Wildman–Crippen LogP) is 4.19.